The number of rotatable bonds is 5. The molecule has 1 atom stereocenters. The standard InChI is InChI=1S/C50H33N3O/c1-4-13-32(14-5-1)35-24-27-44-41(29-35)42-30-36(33-15-6-2-7-16-33)25-28-45(42)53(44)46-22-12-20-39-38-26-23-37(31-47(38)54-49(39)46)50-51-43-21-11-10-19-40(43)48(52-50)34-17-8-3-9-18-34/h1-31,43H,(H,51,52). The Kier molecular flexibility index (Phi) is 6.89. The zero-order valence-corrected chi connectivity index (χ0v) is 29.3. The van der Waals surface area contributed by atoms with Crippen molar-refractivity contribution < 1.29 is 4.42 Å². The molecule has 1 unspecified atom stereocenters. The minimum absolute atomic E-state index is 0.0378. The average Bonchev–Trinajstić information content (AvgIpc) is 3.79. The molecule has 4 heteroatoms. The summed E-state index contributed by atoms with van der Waals surface area (Å²) in [5.74, 6) is 0.830. The lowest BCUT2D eigenvalue weighted by molar-refractivity contribution is 0.666. The Morgan fingerprint density at radius 3 is 1.80 bits per heavy atom. The van der Waals surface area contributed by atoms with Crippen molar-refractivity contribution in [3.8, 4) is 27.9 Å². The SMILES string of the molecule is C1=CC2=C(c3ccccc3)N=C(c3ccc4c(c3)oc3c(-n5c6ccc(-c7ccccc7)cc6c6cc(-c7ccccc7)ccc65)cccc34)NC2C=C1. The second-order valence-corrected chi connectivity index (χ2v) is 14.0. The molecule has 1 aliphatic carbocycles. The van der Waals surface area contributed by atoms with Crippen LogP contribution in [-0.2, 0) is 0 Å². The van der Waals surface area contributed by atoms with Crippen LogP contribution in [0.3, 0.4) is 0 Å². The summed E-state index contributed by atoms with van der Waals surface area (Å²) in [4.78, 5) is 5.21. The molecule has 0 amide bonds. The predicted octanol–water partition coefficient (Wildman–Crippen LogP) is 12.3. The molecule has 11 rings (SSSR count). The van der Waals surface area contributed by atoms with Crippen LogP contribution in [0, 0.1) is 0 Å². The minimum atomic E-state index is 0.0378. The Morgan fingerprint density at radius 2 is 1.13 bits per heavy atom. The van der Waals surface area contributed by atoms with Gasteiger partial charge in [-0.25, -0.2) is 4.99 Å². The molecular formula is C50H33N3O. The Bertz CT molecular complexity index is 2960. The predicted molar refractivity (Wildman–Crippen MR) is 224 cm³/mol. The van der Waals surface area contributed by atoms with E-state index in [0.717, 1.165) is 61.3 Å². The van der Waals surface area contributed by atoms with Crippen LogP contribution < -0.4 is 5.32 Å². The smallest absolute Gasteiger partial charge is 0.159 e. The van der Waals surface area contributed by atoms with E-state index in [1.807, 2.05) is 6.07 Å². The molecule has 7 aromatic carbocycles. The van der Waals surface area contributed by atoms with Crippen LogP contribution in [0.5, 0.6) is 0 Å². The van der Waals surface area contributed by atoms with Gasteiger partial charge in [-0.2, -0.15) is 0 Å². The fourth-order valence-electron chi connectivity index (χ4n) is 8.23. The molecule has 0 bridgehead atoms. The second kappa shape index (κ2) is 12.2. The molecule has 9 aromatic rings. The Labute approximate surface area is 312 Å². The third-order valence-electron chi connectivity index (χ3n) is 10.8. The van der Waals surface area contributed by atoms with Gasteiger partial charge in [0.25, 0.3) is 0 Å². The van der Waals surface area contributed by atoms with Crippen molar-refractivity contribution in [3.05, 3.63) is 205 Å². The number of furan rings is 1. The first-order valence-corrected chi connectivity index (χ1v) is 18.4. The van der Waals surface area contributed by atoms with Crippen LogP contribution in [-0.4, -0.2) is 16.4 Å². The number of benzene rings is 7. The number of aromatic nitrogens is 1. The molecule has 0 radical (unpaired) electrons. The molecule has 1 N–H and O–H groups in total. The van der Waals surface area contributed by atoms with Gasteiger partial charge in [-0.1, -0.05) is 146 Å². The second-order valence-electron chi connectivity index (χ2n) is 14.0. The molecule has 254 valence electrons. The lowest BCUT2D eigenvalue weighted by Crippen LogP contribution is -2.39. The van der Waals surface area contributed by atoms with E-state index in [1.165, 1.54) is 38.6 Å². The number of allylic oxidation sites excluding steroid dienone is 2. The molecule has 2 aliphatic rings. The molecule has 1 aliphatic heterocycles. The lowest BCUT2D eigenvalue weighted by atomic mass is 9.94. The lowest BCUT2D eigenvalue weighted by Gasteiger charge is -2.28. The van der Waals surface area contributed by atoms with E-state index < -0.39 is 0 Å². The number of hydrogen-bond donors (Lipinski definition) is 1. The molecule has 0 saturated carbocycles. The third kappa shape index (κ3) is 4.88. The van der Waals surface area contributed by atoms with E-state index in [4.69, 9.17) is 9.41 Å². The number of fused-ring (bicyclic) bond motifs is 7. The largest absolute Gasteiger partial charge is 0.454 e. The minimum Gasteiger partial charge on any atom is -0.454 e. The molecule has 4 nitrogen and oxygen atoms in total. The summed E-state index contributed by atoms with van der Waals surface area (Å²) in [6.45, 7) is 0. The van der Waals surface area contributed by atoms with Gasteiger partial charge in [-0.15, -0.1) is 0 Å². The van der Waals surface area contributed by atoms with Crippen LogP contribution in [0.2, 0.25) is 0 Å². The topological polar surface area (TPSA) is 42.5 Å². The van der Waals surface area contributed by atoms with E-state index in [-0.39, 0.29) is 6.04 Å². The average molecular weight is 692 g/mol. The Morgan fingerprint density at radius 1 is 0.500 bits per heavy atom. The maximum absolute atomic E-state index is 6.90. The molecular weight excluding hydrogens is 659 g/mol. The highest BCUT2D eigenvalue weighted by Crippen LogP contribution is 2.41. The monoisotopic (exact) mass is 691 g/mol. The van der Waals surface area contributed by atoms with Gasteiger partial charge >= 0.3 is 0 Å². The summed E-state index contributed by atoms with van der Waals surface area (Å²) in [6.07, 6.45) is 8.52. The zero-order valence-electron chi connectivity index (χ0n) is 29.3. The summed E-state index contributed by atoms with van der Waals surface area (Å²) >= 11 is 0. The molecule has 2 aromatic heterocycles. The highest BCUT2D eigenvalue weighted by molar-refractivity contribution is 6.15. The van der Waals surface area contributed by atoms with Crippen molar-refractivity contribution in [1.82, 2.24) is 9.88 Å². The first-order valence-electron chi connectivity index (χ1n) is 18.4. The van der Waals surface area contributed by atoms with Gasteiger partial charge in [0.2, 0.25) is 0 Å². The summed E-state index contributed by atoms with van der Waals surface area (Å²) in [7, 11) is 0. The molecule has 54 heavy (non-hydrogen) atoms. The quantitative estimate of drug-likeness (QED) is 0.195. The first-order chi connectivity index (χ1) is 26.8. The molecule has 0 fully saturated rings. The fourth-order valence-corrected chi connectivity index (χ4v) is 8.23. The summed E-state index contributed by atoms with van der Waals surface area (Å²) in [5.41, 5.74) is 14.0. The fraction of sp³-hybridized carbons (Fsp3) is 0.0200. The number of hydrogen-bond acceptors (Lipinski definition) is 3. The first kappa shape index (κ1) is 30.5. The Hall–Kier alpha value is -7.17. The van der Waals surface area contributed by atoms with Crippen LogP contribution in [0.4, 0.5) is 0 Å². The maximum Gasteiger partial charge on any atom is 0.159 e. The van der Waals surface area contributed by atoms with Crippen LogP contribution in [0.25, 0.3) is 77.4 Å². The van der Waals surface area contributed by atoms with Gasteiger partial charge in [0, 0.05) is 38.2 Å². The van der Waals surface area contributed by atoms with Gasteiger partial charge in [0.05, 0.1) is 28.5 Å². The van der Waals surface area contributed by atoms with Crippen molar-refractivity contribution in [2.75, 3.05) is 0 Å². The third-order valence-corrected chi connectivity index (χ3v) is 10.8. The van der Waals surface area contributed by atoms with Gasteiger partial charge in [-0.3, -0.25) is 0 Å². The number of nitrogens with zero attached hydrogens (tertiary/aromatic N) is 2. The number of aliphatic imine (C=N–C) groups is 1. The van der Waals surface area contributed by atoms with E-state index in [0.29, 0.717) is 0 Å². The van der Waals surface area contributed by atoms with Crippen LogP contribution >= 0.6 is 0 Å². The zero-order chi connectivity index (χ0) is 35.6. The van der Waals surface area contributed by atoms with E-state index >= 15 is 0 Å². The van der Waals surface area contributed by atoms with Gasteiger partial charge in [0.1, 0.15) is 11.4 Å². The summed E-state index contributed by atoms with van der Waals surface area (Å²) in [5, 5.41) is 8.25. The Balaban J connectivity index is 1.09. The number of para-hydroxylation sites is 1. The van der Waals surface area contributed by atoms with Crippen molar-refractivity contribution in [1.29, 1.82) is 0 Å². The van der Waals surface area contributed by atoms with Crippen molar-refractivity contribution in [2.24, 2.45) is 4.99 Å². The maximum atomic E-state index is 6.90. The van der Waals surface area contributed by atoms with E-state index in [9.17, 15) is 0 Å². The van der Waals surface area contributed by atoms with Crippen molar-refractivity contribution in [2.45, 2.75) is 6.04 Å². The molecule has 0 spiro atoms. The van der Waals surface area contributed by atoms with Crippen molar-refractivity contribution in [3.63, 3.8) is 0 Å². The summed E-state index contributed by atoms with van der Waals surface area (Å²) < 4.78 is 9.27. The van der Waals surface area contributed by atoms with E-state index in [2.05, 4.69) is 192 Å². The van der Waals surface area contributed by atoms with Gasteiger partial charge in [-0.05, 0) is 64.7 Å². The normalized spacial score (nSPS) is 15.3. The van der Waals surface area contributed by atoms with Gasteiger partial charge in [0.15, 0.2) is 5.58 Å². The molecule has 0 saturated heterocycles. The van der Waals surface area contributed by atoms with Gasteiger partial charge < -0.3 is 14.3 Å². The number of amidine groups is 1. The highest BCUT2D eigenvalue weighted by atomic mass is 16.3. The van der Waals surface area contributed by atoms with Crippen LogP contribution in [0.15, 0.2) is 203 Å². The number of nitrogens with one attached hydrogen (secondary N) is 1. The van der Waals surface area contributed by atoms with Crippen LogP contribution in [0.1, 0.15) is 11.1 Å². The summed E-state index contributed by atoms with van der Waals surface area (Å²) in [6, 6.07) is 58.3. The van der Waals surface area contributed by atoms with E-state index in [1.54, 1.807) is 0 Å². The highest BCUT2D eigenvalue weighted by Gasteiger charge is 2.25. The molecule has 3 heterocycles. The van der Waals surface area contributed by atoms with Crippen molar-refractivity contribution >= 4 is 55.3 Å².